The monoisotopic (exact) mass is 530 g/mol. The number of benzene rings is 1. The lowest BCUT2D eigenvalue weighted by Crippen LogP contribution is -2.64. The van der Waals surface area contributed by atoms with E-state index in [1.165, 1.54) is 6.08 Å². The van der Waals surface area contributed by atoms with Crippen LogP contribution in [0, 0.1) is 0 Å². The van der Waals surface area contributed by atoms with Gasteiger partial charge in [0, 0.05) is 56.2 Å². The third-order valence-corrected chi connectivity index (χ3v) is 7.82. The van der Waals surface area contributed by atoms with Gasteiger partial charge in [-0.2, -0.15) is 0 Å². The van der Waals surface area contributed by atoms with Crippen LogP contribution in [0.2, 0.25) is 0 Å². The van der Waals surface area contributed by atoms with E-state index in [9.17, 15) is 9.59 Å². The summed E-state index contributed by atoms with van der Waals surface area (Å²) in [5, 5.41) is 7.07. The Labute approximate surface area is 227 Å². The highest BCUT2D eigenvalue weighted by molar-refractivity contribution is 5.93. The Morgan fingerprint density at radius 1 is 1.08 bits per heavy atom. The average molecular weight is 531 g/mol. The predicted octanol–water partition coefficient (Wildman–Crippen LogP) is 2.44. The fourth-order valence-corrected chi connectivity index (χ4v) is 5.65. The van der Waals surface area contributed by atoms with Crippen molar-refractivity contribution in [2.24, 2.45) is 0 Å². The molecule has 3 aliphatic heterocycles. The van der Waals surface area contributed by atoms with Crippen LogP contribution in [0.1, 0.15) is 12.8 Å². The van der Waals surface area contributed by atoms with E-state index in [1.54, 1.807) is 11.2 Å². The second kappa shape index (κ2) is 11.0. The van der Waals surface area contributed by atoms with Crippen LogP contribution >= 0.6 is 0 Å². The van der Waals surface area contributed by atoms with Crippen molar-refractivity contribution in [3.05, 3.63) is 49.3 Å². The van der Waals surface area contributed by atoms with Gasteiger partial charge in [0.2, 0.25) is 5.91 Å². The van der Waals surface area contributed by atoms with Gasteiger partial charge in [-0.15, -0.1) is 0 Å². The number of nitrogens with one attached hydrogen (secondary N) is 3. The number of hydrogen-bond acceptors (Lipinski definition) is 7. The van der Waals surface area contributed by atoms with Crippen molar-refractivity contribution in [3.63, 3.8) is 0 Å². The molecule has 0 spiro atoms. The molecule has 3 aliphatic rings. The molecule has 204 valence electrons. The molecule has 3 amide bonds. The van der Waals surface area contributed by atoms with E-state index in [0.29, 0.717) is 19.3 Å². The molecule has 6 rings (SSSR count). The molecule has 11 heteroatoms. The van der Waals surface area contributed by atoms with E-state index in [-0.39, 0.29) is 18.0 Å². The first-order valence-corrected chi connectivity index (χ1v) is 13.6. The Hall–Kier alpha value is -3.96. The van der Waals surface area contributed by atoms with E-state index >= 15 is 0 Å². The van der Waals surface area contributed by atoms with Crippen molar-refractivity contribution in [2.75, 3.05) is 62.7 Å². The zero-order chi connectivity index (χ0) is 26.8. The zero-order valence-corrected chi connectivity index (χ0v) is 21.9. The fraction of sp³-hybridized carbons (Fsp3) is 0.429. The van der Waals surface area contributed by atoms with Crippen LogP contribution in [0.25, 0.3) is 22.3 Å². The number of nitrogens with zero attached hydrogens (tertiary/aromatic N) is 5. The Morgan fingerprint density at radius 3 is 2.64 bits per heavy atom. The van der Waals surface area contributed by atoms with Gasteiger partial charge in [-0.3, -0.25) is 9.69 Å². The van der Waals surface area contributed by atoms with Crippen LogP contribution in [0.5, 0.6) is 0 Å². The number of rotatable bonds is 6. The third kappa shape index (κ3) is 5.45. The molecule has 2 aromatic heterocycles. The molecule has 0 unspecified atom stereocenters. The molecule has 39 heavy (non-hydrogen) atoms. The van der Waals surface area contributed by atoms with Crippen LogP contribution < -0.4 is 15.5 Å². The Bertz CT molecular complexity index is 1340. The van der Waals surface area contributed by atoms with Gasteiger partial charge in [0.25, 0.3) is 0 Å². The zero-order valence-electron chi connectivity index (χ0n) is 21.9. The Kier molecular flexibility index (Phi) is 7.16. The molecule has 0 saturated carbocycles. The molecule has 0 radical (unpaired) electrons. The minimum Gasteiger partial charge on any atom is -0.378 e. The number of anilines is 2. The maximum Gasteiger partial charge on any atom is 0.319 e. The summed E-state index contributed by atoms with van der Waals surface area (Å²) in [7, 11) is 0. The lowest BCUT2D eigenvalue weighted by Gasteiger charge is -2.47. The van der Waals surface area contributed by atoms with Gasteiger partial charge in [-0.25, -0.2) is 14.8 Å². The maximum absolute atomic E-state index is 12.7. The van der Waals surface area contributed by atoms with Crippen LogP contribution in [0.3, 0.4) is 0 Å². The normalized spacial score (nSPS) is 20.5. The lowest BCUT2D eigenvalue weighted by molar-refractivity contribution is -0.133. The maximum atomic E-state index is 12.7. The van der Waals surface area contributed by atoms with E-state index in [0.717, 1.165) is 85.9 Å². The average Bonchev–Trinajstić information content (AvgIpc) is 3.38. The Morgan fingerprint density at radius 2 is 1.87 bits per heavy atom. The van der Waals surface area contributed by atoms with E-state index < -0.39 is 0 Å². The first-order chi connectivity index (χ1) is 19.1. The first-order valence-electron chi connectivity index (χ1n) is 13.6. The van der Waals surface area contributed by atoms with E-state index in [2.05, 4.69) is 48.0 Å². The topological polar surface area (TPSA) is 119 Å². The molecular formula is C28H34N8O3. The molecule has 11 nitrogen and oxygen atoms in total. The molecule has 3 aromatic rings. The number of carbonyl (C=O) groups excluding carboxylic acids is 2. The summed E-state index contributed by atoms with van der Waals surface area (Å²) in [4.78, 5) is 43.2. The van der Waals surface area contributed by atoms with Gasteiger partial charge >= 0.3 is 6.03 Å². The van der Waals surface area contributed by atoms with Crippen molar-refractivity contribution in [2.45, 2.75) is 24.9 Å². The van der Waals surface area contributed by atoms with Gasteiger partial charge < -0.3 is 30.2 Å². The van der Waals surface area contributed by atoms with Gasteiger partial charge in [0.15, 0.2) is 0 Å². The second-order valence-corrected chi connectivity index (χ2v) is 10.4. The summed E-state index contributed by atoms with van der Waals surface area (Å²) in [5.74, 6) is 0.904. The molecule has 1 aromatic carbocycles. The predicted molar refractivity (Wildman–Crippen MR) is 150 cm³/mol. The van der Waals surface area contributed by atoms with Crippen molar-refractivity contribution in [3.8, 4) is 11.3 Å². The SMILES string of the molecule is C=CC(=O)N1CC(N2CCC[C@H](NC(=O)Nc3ccc(-c4cc5c(N6CCOCC6)ncnc5[nH]4)cc3)C2)C1. The van der Waals surface area contributed by atoms with Gasteiger partial charge in [0.05, 0.1) is 18.6 Å². The number of aromatic amines is 1. The van der Waals surface area contributed by atoms with Crippen LogP contribution in [0.4, 0.5) is 16.3 Å². The molecule has 1 atom stereocenters. The van der Waals surface area contributed by atoms with Crippen molar-refractivity contribution >= 4 is 34.5 Å². The quantitative estimate of drug-likeness (QED) is 0.419. The number of aromatic nitrogens is 3. The van der Waals surface area contributed by atoms with E-state index in [4.69, 9.17) is 4.74 Å². The van der Waals surface area contributed by atoms with Crippen molar-refractivity contribution < 1.29 is 14.3 Å². The number of amides is 3. The number of morpholine rings is 1. The Balaban J connectivity index is 1.05. The fourth-order valence-electron chi connectivity index (χ4n) is 5.65. The highest BCUT2D eigenvalue weighted by Gasteiger charge is 2.36. The number of ether oxygens (including phenoxy) is 1. The summed E-state index contributed by atoms with van der Waals surface area (Å²) in [6.45, 7) is 9.82. The van der Waals surface area contributed by atoms with Crippen molar-refractivity contribution in [1.29, 1.82) is 0 Å². The molecule has 3 N–H and O–H groups in total. The molecule has 0 aliphatic carbocycles. The highest BCUT2D eigenvalue weighted by Crippen LogP contribution is 2.29. The van der Waals surface area contributed by atoms with Crippen LogP contribution in [-0.2, 0) is 9.53 Å². The number of carbonyl (C=O) groups is 2. The molecule has 5 heterocycles. The first kappa shape index (κ1) is 25.3. The number of piperidine rings is 1. The summed E-state index contributed by atoms with van der Waals surface area (Å²) in [6, 6.07) is 10.1. The van der Waals surface area contributed by atoms with E-state index in [1.807, 2.05) is 24.3 Å². The molecular weight excluding hydrogens is 496 g/mol. The molecule has 3 fully saturated rings. The molecule has 3 saturated heterocycles. The summed E-state index contributed by atoms with van der Waals surface area (Å²) in [6.07, 6.45) is 4.93. The summed E-state index contributed by atoms with van der Waals surface area (Å²) in [5.41, 5.74) is 3.47. The minimum absolute atomic E-state index is 0.0146. The highest BCUT2D eigenvalue weighted by atomic mass is 16.5. The number of likely N-dealkylation sites (tertiary alicyclic amines) is 2. The second-order valence-electron chi connectivity index (χ2n) is 10.4. The van der Waals surface area contributed by atoms with Crippen LogP contribution in [-0.4, -0.2) is 101 Å². The third-order valence-electron chi connectivity index (χ3n) is 7.82. The standard InChI is InChI=1S/C28H34N8O3/c1-2-25(37)36-16-22(17-36)35-9-3-4-21(15-35)32-28(38)31-20-7-5-19(6-8-20)24-14-23-26(33-24)29-18-30-27(23)34-10-12-39-13-11-34/h2,5-8,14,18,21-22H,1,3-4,9-13,15-17H2,(H,29,30,33)(H2,31,32,38)/t21-/m0/s1. The number of hydrogen-bond donors (Lipinski definition) is 3. The van der Waals surface area contributed by atoms with Crippen molar-refractivity contribution in [1.82, 2.24) is 30.1 Å². The summed E-state index contributed by atoms with van der Waals surface area (Å²) < 4.78 is 5.48. The van der Waals surface area contributed by atoms with Gasteiger partial charge in [-0.05, 0) is 49.2 Å². The number of H-pyrrole nitrogens is 1. The van der Waals surface area contributed by atoms with Gasteiger partial charge in [0.1, 0.15) is 17.8 Å². The lowest BCUT2D eigenvalue weighted by atomic mass is 10.00. The minimum atomic E-state index is -0.206. The number of fused-ring (bicyclic) bond motifs is 1. The van der Waals surface area contributed by atoms with Gasteiger partial charge in [-0.1, -0.05) is 18.7 Å². The van der Waals surface area contributed by atoms with Crippen LogP contribution in [0.15, 0.2) is 49.3 Å². The number of urea groups is 1. The molecule has 0 bridgehead atoms. The smallest absolute Gasteiger partial charge is 0.319 e. The largest absolute Gasteiger partial charge is 0.378 e. The summed E-state index contributed by atoms with van der Waals surface area (Å²) >= 11 is 0.